The lowest BCUT2D eigenvalue weighted by molar-refractivity contribution is -0.121. The molecule has 1 amide bonds. The number of rotatable bonds is 3. The number of anilines is 1. The standard InChI is InChI=1S/C17H18FN3O/c1-2-13(19)16-20-14-10-6-9-12(18)15(14)17(22)21(16)11-7-4-3-5-8-11/h3-10,13-15H,2,19H2,1H3/t13-,14+,15?/m0/s1. The minimum atomic E-state index is -0.891. The maximum atomic E-state index is 14.1. The van der Waals surface area contributed by atoms with E-state index in [0.717, 1.165) is 0 Å². The lowest BCUT2D eigenvalue weighted by Gasteiger charge is -2.37. The number of carbonyl (C=O) groups excluding carboxylic acids is 1. The molecule has 1 unspecified atom stereocenters. The van der Waals surface area contributed by atoms with Gasteiger partial charge in [-0.2, -0.15) is 0 Å². The Kier molecular flexibility index (Phi) is 3.90. The SMILES string of the molecule is CC[C@H](N)C1=N[C@@H]2C=CC=C(F)C2C(=O)N1c1ccccc1. The van der Waals surface area contributed by atoms with Crippen LogP contribution in [0.3, 0.4) is 0 Å². The third kappa shape index (κ3) is 2.37. The summed E-state index contributed by atoms with van der Waals surface area (Å²) in [5.41, 5.74) is 6.80. The number of nitrogens with zero attached hydrogens (tertiary/aromatic N) is 2. The molecule has 0 bridgehead atoms. The van der Waals surface area contributed by atoms with E-state index >= 15 is 0 Å². The van der Waals surface area contributed by atoms with Crippen molar-refractivity contribution in [1.82, 2.24) is 0 Å². The Hall–Kier alpha value is -2.27. The van der Waals surface area contributed by atoms with E-state index in [2.05, 4.69) is 4.99 Å². The third-order valence-corrected chi connectivity index (χ3v) is 3.99. The first kappa shape index (κ1) is 14.7. The molecule has 2 aliphatic rings. The molecule has 0 fully saturated rings. The van der Waals surface area contributed by atoms with Gasteiger partial charge >= 0.3 is 0 Å². The number of hydrogen-bond donors (Lipinski definition) is 1. The Labute approximate surface area is 128 Å². The van der Waals surface area contributed by atoms with Crippen LogP contribution >= 0.6 is 0 Å². The van der Waals surface area contributed by atoms with Crippen LogP contribution in [0.4, 0.5) is 10.1 Å². The molecule has 1 aliphatic carbocycles. The van der Waals surface area contributed by atoms with Gasteiger partial charge in [0.15, 0.2) is 0 Å². The van der Waals surface area contributed by atoms with E-state index in [1.807, 2.05) is 25.1 Å². The number of hydrogen-bond acceptors (Lipinski definition) is 3. The van der Waals surface area contributed by atoms with Crippen molar-refractivity contribution >= 4 is 17.4 Å². The van der Waals surface area contributed by atoms with Gasteiger partial charge in [0.05, 0.1) is 17.8 Å². The molecular weight excluding hydrogens is 281 g/mol. The quantitative estimate of drug-likeness (QED) is 0.932. The van der Waals surface area contributed by atoms with Crippen molar-refractivity contribution in [2.24, 2.45) is 16.6 Å². The van der Waals surface area contributed by atoms with E-state index in [1.54, 1.807) is 24.3 Å². The molecule has 0 aromatic heterocycles. The molecule has 0 radical (unpaired) electrons. The third-order valence-electron chi connectivity index (χ3n) is 3.99. The van der Waals surface area contributed by atoms with Crippen molar-refractivity contribution in [3.63, 3.8) is 0 Å². The summed E-state index contributed by atoms with van der Waals surface area (Å²) in [6, 6.07) is 8.25. The highest BCUT2D eigenvalue weighted by molar-refractivity contribution is 6.21. The number of para-hydroxylation sites is 1. The maximum absolute atomic E-state index is 14.1. The fraction of sp³-hybridized carbons (Fsp3) is 0.294. The van der Waals surface area contributed by atoms with Crippen LogP contribution < -0.4 is 10.6 Å². The Balaban J connectivity index is 2.11. The lowest BCUT2D eigenvalue weighted by atomic mass is 9.90. The highest BCUT2D eigenvalue weighted by Crippen LogP contribution is 2.33. The zero-order valence-corrected chi connectivity index (χ0v) is 12.3. The number of nitrogens with two attached hydrogens (primary N) is 1. The van der Waals surface area contributed by atoms with E-state index < -0.39 is 17.8 Å². The fourth-order valence-electron chi connectivity index (χ4n) is 2.76. The first-order valence-electron chi connectivity index (χ1n) is 7.39. The van der Waals surface area contributed by atoms with Crippen molar-refractivity contribution < 1.29 is 9.18 Å². The minimum Gasteiger partial charge on any atom is -0.321 e. The molecule has 3 rings (SSSR count). The summed E-state index contributed by atoms with van der Waals surface area (Å²) in [7, 11) is 0. The monoisotopic (exact) mass is 299 g/mol. The molecular formula is C17H18FN3O. The van der Waals surface area contributed by atoms with Gasteiger partial charge in [0, 0.05) is 0 Å². The number of halogens is 1. The molecule has 1 aliphatic heterocycles. The number of amides is 1. The van der Waals surface area contributed by atoms with Gasteiger partial charge in [0.25, 0.3) is 0 Å². The molecule has 0 spiro atoms. The summed E-state index contributed by atoms with van der Waals surface area (Å²) in [5, 5.41) is 0. The molecule has 114 valence electrons. The van der Waals surface area contributed by atoms with Crippen molar-refractivity contribution in [3.05, 3.63) is 54.4 Å². The molecule has 1 aromatic carbocycles. The predicted molar refractivity (Wildman–Crippen MR) is 85.2 cm³/mol. The van der Waals surface area contributed by atoms with Gasteiger partial charge in [-0.25, -0.2) is 4.39 Å². The number of benzene rings is 1. The van der Waals surface area contributed by atoms with E-state index in [0.29, 0.717) is 17.9 Å². The fourth-order valence-corrected chi connectivity index (χ4v) is 2.76. The van der Waals surface area contributed by atoms with Crippen LogP contribution in [0.2, 0.25) is 0 Å². The summed E-state index contributed by atoms with van der Waals surface area (Å²) in [6.07, 6.45) is 5.31. The highest BCUT2D eigenvalue weighted by atomic mass is 19.1. The Morgan fingerprint density at radius 1 is 1.36 bits per heavy atom. The molecule has 2 N–H and O–H groups in total. The zero-order valence-electron chi connectivity index (χ0n) is 12.3. The van der Waals surface area contributed by atoms with Gasteiger partial charge in [0.1, 0.15) is 17.6 Å². The van der Waals surface area contributed by atoms with Gasteiger partial charge in [-0.15, -0.1) is 0 Å². The number of amidine groups is 1. The largest absolute Gasteiger partial charge is 0.321 e. The van der Waals surface area contributed by atoms with Gasteiger partial charge in [-0.05, 0) is 24.6 Å². The summed E-state index contributed by atoms with van der Waals surface area (Å²) in [4.78, 5) is 18.9. The Morgan fingerprint density at radius 2 is 2.09 bits per heavy atom. The Morgan fingerprint density at radius 3 is 2.77 bits per heavy atom. The lowest BCUT2D eigenvalue weighted by Crippen LogP contribution is -2.55. The number of allylic oxidation sites excluding steroid dienone is 2. The van der Waals surface area contributed by atoms with Crippen LogP contribution in [0.15, 0.2) is 59.4 Å². The second kappa shape index (κ2) is 5.85. The predicted octanol–water partition coefficient (Wildman–Crippen LogP) is 2.58. The van der Waals surface area contributed by atoms with Gasteiger partial charge in [-0.3, -0.25) is 14.7 Å². The summed E-state index contributed by atoms with van der Waals surface area (Å²) >= 11 is 0. The average Bonchev–Trinajstić information content (AvgIpc) is 2.54. The van der Waals surface area contributed by atoms with Crippen LogP contribution in [0.5, 0.6) is 0 Å². The van der Waals surface area contributed by atoms with E-state index in [4.69, 9.17) is 5.73 Å². The van der Waals surface area contributed by atoms with Crippen LogP contribution in [0.1, 0.15) is 13.3 Å². The zero-order chi connectivity index (χ0) is 15.7. The van der Waals surface area contributed by atoms with Crippen molar-refractivity contribution in [1.29, 1.82) is 0 Å². The normalized spacial score (nSPS) is 25.4. The van der Waals surface area contributed by atoms with Crippen molar-refractivity contribution in [2.75, 3.05) is 4.90 Å². The molecule has 3 atom stereocenters. The van der Waals surface area contributed by atoms with Gasteiger partial charge in [-0.1, -0.05) is 37.3 Å². The van der Waals surface area contributed by atoms with Gasteiger partial charge < -0.3 is 5.73 Å². The molecule has 1 heterocycles. The average molecular weight is 299 g/mol. The number of aliphatic imine (C=N–C) groups is 1. The first-order chi connectivity index (χ1) is 10.6. The number of fused-ring (bicyclic) bond motifs is 1. The smallest absolute Gasteiger partial charge is 0.244 e. The first-order valence-corrected chi connectivity index (χ1v) is 7.39. The van der Waals surface area contributed by atoms with Gasteiger partial charge in [0.2, 0.25) is 5.91 Å². The van der Waals surface area contributed by atoms with Crippen molar-refractivity contribution in [3.8, 4) is 0 Å². The maximum Gasteiger partial charge on any atom is 0.244 e. The van der Waals surface area contributed by atoms with E-state index in [9.17, 15) is 9.18 Å². The molecule has 0 saturated carbocycles. The topological polar surface area (TPSA) is 58.7 Å². The second-order valence-electron chi connectivity index (χ2n) is 5.42. The highest BCUT2D eigenvalue weighted by Gasteiger charge is 2.42. The summed E-state index contributed by atoms with van der Waals surface area (Å²) in [6.45, 7) is 1.93. The molecule has 1 aromatic rings. The molecule has 0 saturated heterocycles. The van der Waals surface area contributed by atoms with Crippen molar-refractivity contribution in [2.45, 2.75) is 25.4 Å². The minimum absolute atomic E-state index is 0.316. The Bertz CT molecular complexity index is 666. The number of carbonyl (C=O) groups is 1. The molecule has 5 heteroatoms. The summed E-state index contributed by atoms with van der Waals surface area (Å²) < 4.78 is 14.1. The second-order valence-corrected chi connectivity index (χ2v) is 5.42. The van der Waals surface area contributed by atoms with Crippen LogP contribution in [0, 0.1) is 5.92 Å². The van der Waals surface area contributed by atoms with Crippen LogP contribution in [-0.2, 0) is 4.79 Å². The molecule has 4 nitrogen and oxygen atoms in total. The van der Waals surface area contributed by atoms with E-state index in [1.165, 1.54) is 11.0 Å². The molecule has 22 heavy (non-hydrogen) atoms. The summed E-state index contributed by atoms with van der Waals surface area (Å²) in [5.74, 6) is -1.16. The van der Waals surface area contributed by atoms with Crippen LogP contribution in [0.25, 0.3) is 0 Å². The van der Waals surface area contributed by atoms with Crippen LogP contribution in [-0.4, -0.2) is 23.8 Å². The van der Waals surface area contributed by atoms with E-state index in [-0.39, 0.29) is 11.9 Å².